The number of hydrogen-bond donors (Lipinski definition) is 0. The molecule has 5 rings (SSSR count). The first kappa shape index (κ1) is 24.2. The molecule has 6 heteroatoms. The lowest BCUT2D eigenvalue weighted by molar-refractivity contribution is 0.184. The summed E-state index contributed by atoms with van der Waals surface area (Å²) in [5.41, 5.74) is 7.20. The van der Waals surface area contributed by atoms with Gasteiger partial charge in [0.15, 0.2) is 0 Å². The van der Waals surface area contributed by atoms with Crippen LogP contribution in [0.25, 0.3) is 22.3 Å². The molecule has 0 saturated carbocycles. The summed E-state index contributed by atoms with van der Waals surface area (Å²) in [6, 6.07) is 24.4. The Morgan fingerprint density at radius 1 is 0.694 bits per heavy atom. The zero-order chi connectivity index (χ0) is 25.2. The maximum atomic E-state index is 6.81. The highest BCUT2D eigenvalue weighted by molar-refractivity contribution is 7.57. The molecule has 1 unspecified atom stereocenters. The van der Waals surface area contributed by atoms with Gasteiger partial charge in [0.1, 0.15) is 23.0 Å². The molecule has 0 fully saturated rings. The van der Waals surface area contributed by atoms with Gasteiger partial charge in [-0.05, 0) is 78.1 Å². The summed E-state index contributed by atoms with van der Waals surface area (Å²) in [6.07, 6.45) is 0. The van der Waals surface area contributed by atoms with E-state index in [1.165, 1.54) is 0 Å². The van der Waals surface area contributed by atoms with Crippen LogP contribution in [0, 0.1) is 13.8 Å². The van der Waals surface area contributed by atoms with Gasteiger partial charge in [-0.25, -0.2) is 0 Å². The quantitative estimate of drug-likeness (QED) is 0.251. The molecule has 0 saturated heterocycles. The van der Waals surface area contributed by atoms with Gasteiger partial charge in [0.25, 0.3) is 0 Å². The highest BCUT2D eigenvalue weighted by atomic mass is 31.2. The van der Waals surface area contributed by atoms with Crippen molar-refractivity contribution in [1.82, 2.24) is 0 Å². The summed E-state index contributed by atoms with van der Waals surface area (Å²) in [7, 11) is 3.63. The van der Waals surface area contributed by atoms with E-state index >= 15 is 0 Å². The third kappa shape index (κ3) is 4.41. The van der Waals surface area contributed by atoms with Crippen LogP contribution in [0.5, 0.6) is 23.0 Å². The second kappa shape index (κ2) is 10.2. The SMILES string of the molecule is COCc1c(C)cc(OC)cc1-c1cc(OC)cc(C)c1OP1Oc2ccccc2-c2ccccc21. The first-order valence-corrected chi connectivity index (χ1v) is 12.9. The van der Waals surface area contributed by atoms with Crippen molar-refractivity contribution in [1.29, 1.82) is 0 Å². The van der Waals surface area contributed by atoms with Crippen molar-refractivity contribution in [3.05, 3.63) is 89.5 Å². The average Bonchev–Trinajstić information content (AvgIpc) is 2.90. The van der Waals surface area contributed by atoms with E-state index in [1.807, 2.05) is 55.5 Å². The largest absolute Gasteiger partial charge is 0.497 e. The predicted octanol–water partition coefficient (Wildman–Crippen LogP) is 7.21. The van der Waals surface area contributed by atoms with Crippen molar-refractivity contribution in [3.63, 3.8) is 0 Å². The number of rotatable bonds is 7. The summed E-state index contributed by atoms with van der Waals surface area (Å²) in [5.74, 6) is 3.10. The number of methoxy groups -OCH3 is 3. The molecular formula is C30H29O5P. The van der Waals surface area contributed by atoms with Crippen LogP contribution >= 0.6 is 8.38 Å². The van der Waals surface area contributed by atoms with E-state index in [0.717, 1.165) is 67.2 Å². The Labute approximate surface area is 213 Å². The molecular weight excluding hydrogens is 471 g/mol. The smallest absolute Gasteiger partial charge is 0.326 e. The van der Waals surface area contributed by atoms with Crippen LogP contribution < -0.4 is 23.8 Å². The average molecular weight is 501 g/mol. The molecule has 5 nitrogen and oxygen atoms in total. The number of ether oxygens (including phenoxy) is 3. The summed E-state index contributed by atoms with van der Waals surface area (Å²) < 4.78 is 30.1. The van der Waals surface area contributed by atoms with E-state index in [-0.39, 0.29) is 0 Å². The van der Waals surface area contributed by atoms with E-state index in [0.29, 0.717) is 6.61 Å². The van der Waals surface area contributed by atoms with Crippen molar-refractivity contribution in [2.45, 2.75) is 20.5 Å². The molecule has 0 spiro atoms. The Morgan fingerprint density at radius 3 is 2.06 bits per heavy atom. The molecule has 1 aliphatic rings. The minimum atomic E-state index is -1.43. The highest BCUT2D eigenvalue weighted by Crippen LogP contribution is 2.52. The molecule has 1 heterocycles. The zero-order valence-electron chi connectivity index (χ0n) is 21.1. The Hall–Kier alpha value is -3.53. The lowest BCUT2D eigenvalue weighted by Crippen LogP contribution is -2.17. The normalized spacial score (nSPS) is 13.9. The standard InChI is InChI=1S/C30H29O5P/c1-19-14-21(32-4)16-25(27(19)18-31-3)26-17-22(33-5)15-20(2)30(26)35-36-29-13-9-7-11-24(29)23-10-6-8-12-28(23)34-36/h6-17H,18H2,1-5H3. The molecule has 4 aromatic rings. The van der Waals surface area contributed by atoms with Crippen molar-refractivity contribution in [3.8, 4) is 45.3 Å². The molecule has 0 N–H and O–H groups in total. The van der Waals surface area contributed by atoms with Crippen molar-refractivity contribution >= 4 is 13.7 Å². The summed E-state index contributed by atoms with van der Waals surface area (Å²) in [5, 5.41) is 1.05. The number of fused-ring (bicyclic) bond motifs is 3. The predicted molar refractivity (Wildman–Crippen MR) is 145 cm³/mol. The van der Waals surface area contributed by atoms with Gasteiger partial charge in [-0.15, -0.1) is 0 Å². The molecule has 0 radical (unpaired) electrons. The van der Waals surface area contributed by atoms with Gasteiger partial charge in [-0.3, -0.25) is 0 Å². The molecule has 1 atom stereocenters. The fourth-order valence-corrected chi connectivity index (χ4v) is 6.16. The fourth-order valence-electron chi connectivity index (χ4n) is 4.58. The van der Waals surface area contributed by atoms with Gasteiger partial charge in [-0.2, -0.15) is 0 Å². The first-order chi connectivity index (χ1) is 17.5. The van der Waals surface area contributed by atoms with Crippen molar-refractivity contribution in [2.24, 2.45) is 0 Å². The Kier molecular flexibility index (Phi) is 6.86. The summed E-state index contributed by atoms with van der Waals surface area (Å²) >= 11 is 0. The second-order valence-corrected chi connectivity index (χ2v) is 10.0. The zero-order valence-corrected chi connectivity index (χ0v) is 22.0. The van der Waals surface area contributed by atoms with Crippen LogP contribution in [0.1, 0.15) is 16.7 Å². The van der Waals surface area contributed by atoms with E-state index in [9.17, 15) is 0 Å². The Morgan fingerprint density at radius 2 is 1.33 bits per heavy atom. The fraction of sp³-hybridized carbons (Fsp3) is 0.200. The number of para-hydroxylation sites is 1. The first-order valence-electron chi connectivity index (χ1n) is 11.7. The van der Waals surface area contributed by atoms with E-state index in [2.05, 4.69) is 31.2 Å². The lowest BCUT2D eigenvalue weighted by atomic mass is 9.93. The summed E-state index contributed by atoms with van der Waals surface area (Å²) in [4.78, 5) is 0. The Balaban J connectivity index is 1.67. The Bertz CT molecular complexity index is 1410. The highest BCUT2D eigenvalue weighted by Gasteiger charge is 2.31. The van der Waals surface area contributed by atoms with Crippen LogP contribution in [-0.2, 0) is 11.3 Å². The molecule has 0 amide bonds. The van der Waals surface area contributed by atoms with E-state index in [1.54, 1.807) is 21.3 Å². The van der Waals surface area contributed by atoms with Crippen LogP contribution in [0.2, 0.25) is 0 Å². The molecule has 4 aromatic carbocycles. The number of aryl methyl sites for hydroxylation is 2. The van der Waals surface area contributed by atoms with Crippen molar-refractivity contribution in [2.75, 3.05) is 21.3 Å². The minimum Gasteiger partial charge on any atom is -0.497 e. The molecule has 0 bridgehead atoms. The molecule has 0 aromatic heterocycles. The molecule has 184 valence electrons. The van der Waals surface area contributed by atoms with E-state index in [4.69, 9.17) is 23.3 Å². The number of benzene rings is 4. The summed E-state index contributed by atoms with van der Waals surface area (Å²) in [6.45, 7) is 4.56. The van der Waals surface area contributed by atoms with Crippen LogP contribution in [0.3, 0.4) is 0 Å². The monoisotopic (exact) mass is 500 g/mol. The van der Waals surface area contributed by atoms with Gasteiger partial charge in [-0.1, -0.05) is 36.4 Å². The lowest BCUT2D eigenvalue weighted by Gasteiger charge is -2.29. The van der Waals surface area contributed by atoms with Gasteiger partial charge in [0.2, 0.25) is 0 Å². The van der Waals surface area contributed by atoms with Crippen molar-refractivity contribution < 1.29 is 23.3 Å². The molecule has 36 heavy (non-hydrogen) atoms. The maximum Gasteiger partial charge on any atom is 0.326 e. The van der Waals surface area contributed by atoms with Gasteiger partial charge >= 0.3 is 8.38 Å². The van der Waals surface area contributed by atoms with E-state index < -0.39 is 8.38 Å². The van der Waals surface area contributed by atoms with Crippen LogP contribution in [0.15, 0.2) is 72.8 Å². The van der Waals surface area contributed by atoms with Gasteiger partial charge in [0.05, 0.1) is 26.1 Å². The molecule has 0 aliphatic carbocycles. The number of hydrogen-bond acceptors (Lipinski definition) is 5. The maximum absolute atomic E-state index is 6.81. The second-order valence-electron chi connectivity index (χ2n) is 8.68. The van der Waals surface area contributed by atoms with Gasteiger partial charge in [0, 0.05) is 18.2 Å². The van der Waals surface area contributed by atoms with Crippen LogP contribution in [0.4, 0.5) is 0 Å². The third-order valence-corrected chi connectivity index (χ3v) is 7.87. The third-order valence-electron chi connectivity index (χ3n) is 6.38. The van der Waals surface area contributed by atoms with Gasteiger partial charge < -0.3 is 23.3 Å². The topological polar surface area (TPSA) is 46.2 Å². The van der Waals surface area contributed by atoms with Crippen LogP contribution in [-0.4, -0.2) is 21.3 Å². The molecule has 1 aliphatic heterocycles. The minimum absolute atomic E-state index is 0.461.